The Kier molecular flexibility index (Phi) is 4.82. The van der Waals surface area contributed by atoms with E-state index in [9.17, 15) is 4.79 Å². The van der Waals surface area contributed by atoms with E-state index in [2.05, 4.69) is 0 Å². The Labute approximate surface area is 122 Å². The third-order valence-corrected chi connectivity index (χ3v) is 3.22. The van der Waals surface area contributed by atoms with Gasteiger partial charge in [-0.2, -0.15) is 0 Å². The second kappa shape index (κ2) is 6.59. The number of rotatable bonds is 6. The summed E-state index contributed by atoms with van der Waals surface area (Å²) in [6, 6.07) is 6.93. The largest absolute Gasteiger partial charge is 0.495 e. The molecule has 5 heteroatoms. The number of benzene rings is 1. The number of Topliss-reactive ketones (excluding diaryl/α,β-unsaturated/α-hetero) is 1. The van der Waals surface area contributed by atoms with E-state index >= 15 is 0 Å². The number of furan rings is 1. The molecule has 0 aliphatic rings. The summed E-state index contributed by atoms with van der Waals surface area (Å²) in [5.74, 6) is 0.579. The zero-order valence-corrected chi connectivity index (χ0v) is 12.2. The van der Waals surface area contributed by atoms with Crippen molar-refractivity contribution in [1.29, 1.82) is 0 Å². The number of likely N-dealkylation sites (N-methyl/N-ethyl adjacent to an activating group) is 1. The van der Waals surface area contributed by atoms with Gasteiger partial charge in [-0.3, -0.25) is 9.69 Å². The van der Waals surface area contributed by atoms with Crippen LogP contribution in [0.2, 0.25) is 5.02 Å². The van der Waals surface area contributed by atoms with E-state index in [0.29, 0.717) is 29.4 Å². The van der Waals surface area contributed by atoms with Crippen LogP contribution in [0.4, 0.5) is 0 Å². The van der Waals surface area contributed by atoms with Gasteiger partial charge in [-0.05, 0) is 31.3 Å². The third kappa shape index (κ3) is 3.62. The van der Waals surface area contributed by atoms with E-state index in [1.807, 2.05) is 18.0 Å². The van der Waals surface area contributed by atoms with E-state index in [1.165, 1.54) is 0 Å². The molecule has 2 aromatic rings. The highest BCUT2D eigenvalue weighted by atomic mass is 35.5. The Balaban J connectivity index is 1.99. The number of carbonyl (C=O) groups is 1. The fraction of sp³-hybridized carbons (Fsp3) is 0.267. The molecule has 0 radical (unpaired) electrons. The van der Waals surface area contributed by atoms with Gasteiger partial charge in [0.1, 0.15) is 5.75 Å². The molecule has 1 aromatic carbocycles. The van der Waals surface area contributed by atoms with Crippen LogP contribution in [0.3, 0.4) is 0 Å². The highest BCUT2D eigenvalue weighted by molar-refractivity contribution is 6.32. The molecule has 0 fully saturated rings. The minimum Gasteiger partial charge on any atom is -0.495 e. The Bertz CT molecular complexity index is 581. The van der Waals surface area contributed by atoms with Crippen LogP contribution < -0.4 is 4.74 Å². The van der Waals surface area contributed by atoms with Crippen LogP contribution in [0, 0.1) is 0 Å². The Morgan fingerprint density at radius 1 is 1.40 bits per heavy atom. The number of methoxy groups -OCH3 is 1. The van der Waals surface area contributed by atoms with Crippen molar-refractivity contribution in [3.05, 3.63) is 52.9 Å². The molecule has 0 aliphatic heterocycles. The summed E-state index contributed by atoms with van der Waals surface area (Å²) in [5, 5.41) is 0.441. The molecule has 0 amide bonds. The molecule has 0 N–H and O–H groups in total. The molecule has 2 rings (SSSR count). The Morgan fingerprint density at radius 3 is 2.80 bits per heavy atom. The first kappa shape index (κ1) is 14.6. The van der Waals surface area contributed by atoms with E-state index in [4.69, 9.17) is 20.8 Å². The van der Waals surface area contributed by atoms with Crippen molar-refractivity contribution < 1.29 is 13.9 Å². The Hall–Kier alpha value is -1.78. The molecule has 0 unspecified atom stereocenters. The molecule has 20 heavy (non-hydrogen) atoms. The maximum atomic E-state index is 12.2. The van der Waals surface area contributed by atoms with Gasteiger partial charge in [0.2, 0.25) is 0 Å². The number of ketones is 1. The first-order valence-electron chi connectivity index (χ1n) is 6.16. The molecular weight excluding hydrogens is 278 g/mol. The van der Waals surface area contributed by atoms with Crippen molar-refractivity contribution in [3.63, 3.8) is 0 Å². The van der Waals surface area contributed by atoms with E-state index in [0.717, 1.165) is 5.56 Å². The zero-order valence-electron chi connectivity index (χ0n) is 11.4. The van der Waals surface area contributed by atoms with Crippen LogP contribution in [0.1, 0.15) is 15.9 Å². The van der Waals surface area contributed by atoms with Crippen molar-refractivity contribution in [2.75, 3.05) is 20.7 Å². The number of hydrogen-bond donors (Lipinski definition) is 0. The first-order chi connectivity index (χ1) is 9.60. The van der Waals surface area contributed by atoms with Gasteiger partial charge in [-0.25, -0.2) is 0 Å². The minimum atomic E-state index is 0.0144. The van der Waals surface area contributed by atoms with Gasteiger partial charge < -0.3 is 9.15 Å². The normalized spacial score (nSPS) is 10.8. The summed E-state index contributed by atoms with van der Waals surface area (Å²) in [7, 11) is 3.43. The molecule has 0 aliphatic carbocycles. The van der Waals surface area contributed by atoms with Crippen LogP contribution in [-0.4, -0.2) is 31.4 Å². The lowest BCUT2D eigenvalue weighted by Gasteiger charge is -2.14. The summed E-state index contributed by atoms with van der Waals surface area (Å²) >= 11 is 6.02. The minimum absolute atomic E-state index is 0.0144. The number of halogens is 1. The van der Waals surface area contributed by atoms with Gasteiger partial charge in [0.15, 0.2) is 5.78 Å². The van der Waals surface area contributed by atoms with Crippen molar-refractivity contribution in [1.82, 2.24) is 4.90 Å². The molecule has 0 saturated carbocycles. The van der Waals surface area contributed by atoms with Crippen molar-refractivity contribution in [3.8, 4) is 5.75 Å². The number of ether oxygens (including phenoxy) is 1. The van der Waals surface area contributed by atoms with Gasteiger partial charge in [0.25, 0.3) is 0 Å². The van der Waals surface area contributed by atoms with Crippen LogP contribution in [-0.2, 0) is 6.54 Å². The van der Waals surface area contributed by atoms with Crippen LogP contribution in [0.5, 0.6) is 5.75 Å². The molecule has 0 atom stereocenters. The third-order valence-electron chi connectivity index (χ3n) is 2.92. The summed E-state index contributed by atoms with van der Waals surface area (Å²) in [4.78, 5) is 14.1. The summed E-state index contributed by atoms with van der Waals surface area (Å²) in [5.41, 5.74) is 1.61. The van der Waals surface area contributed by atoms with Crippen LogP contribution >= 0.6 is 11.6 Å². The van der Waals surface area contributed by atoms with Gasteiger partial charge in [0, 0.05) is 17.7 Å². The van der Waals surface area contributed by atoms with Crippen molar-refractivity contribution in [2.45, 2.75) is 6.54 Å². The van der Waals surface area contributed by atoms with Gasteiger partial charge in [0.05, 0.1) is 31.2 Å². The van der Waals surface area contributed by atoms with E-state index < -0.39 is 0 Å². The zero-order chi connectivity index (χ0) is 14.5. The molecule has 106 valence electrons. The average molecular weight is 294 g/mol. The molecule has 0 bridgehead atoms. The fourth-order valence-electron chi connectivity index (χ4n) is 1.93. The standard InChI is InChI=1S/C15H16ClNO3/c1-17(8-11-5-6-20-10-11)9-14(18)12-3-4-15(19-2)13(16)7-12/h3-7,10H,8-9H2,1-2H3. The quantitative estimate of drug-likeness (QED) is 0.767. The highest BCUT2D eigenvalue weighted by Crippen LogP contribution is 2.25. The predicted octanol–water partition coefficient (Wildman–Crippen LogP) is 3.26. The van der Waals surface area contributed by atoms with Crippen molar-refractivity contribution in [2.24, 2.45) is 0 Å². The number of nitrogens with zero attached hydrogens (tertiary/aromatic N) is 1. The highest BCUT2D eigenvalue weighted by Gasteiger charge is 2.12. The second-order valence-electron chi connectivity index (χ2n) is 4.58. The lowest BCUT2D eigenvalue weighted by atomic mass is 10.1. The average Bonchev–Trinajstić information content (AvgIpc) is 2.91. The number of hydrogen-bond acceptors (Lipinski definition) is 4. The van der Waals surface area contributed by atoms with Gasteiger partial charge in [-0.1, -0.05) is 11.6 Å². The monoisotopic (exact) mass is 293 g/mol. The SMILES string of the molecule is COc1ccc(C(=O)CN(C)Cc2ccoc2)cc1Cl. The first-order valence-corrected chi connectivity index (χ1v) is 6.54. The molecular formula is C15H16ClNO3. The molecule has 1 heterocycles. The maximum absolute atomic E-state index is 12.2. The van der Waals surface area contributed by atoms with Gasteiger partial charge in [-0.15, -0.1) is 0 Å². The summed E-state index contributed by atoms with van der Waals surface area (Å²) in [6.07, 6.45) is 3.29. The fourth-order valence-corrected chi connectivity index (χ4v) is 2.18. The van der Waals surface area contributed by atoms with Crippen LogP contribution in [0.25, 0.3) is 0 Å². The predicted molar refractivity (Wildman–Crippen MR) is 77.4 cm³/mol. The number of carbonyl (C=O) groups excluding carboxylic acids is 1. The van der Waals surface area contributed by atoms with E-state index in [1.54, 1.807) is 37.8 Å². The lowest BCUT2D eigenvalue weighted by molar-refractivity contribution is 0.0943. The molecule has 4 nitrogen and oxygen atoms in total. The maximum Gasteiger partial charge on any atom is 0.176 e. The Morgan fingerprint density at radius 2 is 2.20 bits per heavy atom. The van der Waals surface area contributed by atoms with Crippen molar-refractivity contribution >= 4 is 17.4 Å². The lowest BCUT2D eigenvalue weighted by Crippen LogP contribution is -2.25. The van der Waals surface area contributed by atoms with Crippen LogP contribution in [0.15, 0.2) is 41.2 Å². The second-order valence-corrected chi connectivity index (χ2v) is 4.98. The topological polar surface area (TPSA) is 42.7 Å². The van der Waals surface area contributed by atoms with Gasteiger partial charge >= 0.3 is 0 Å². The molecule has 0 spiro atoms. The smallest absolute Gasteiger partial charge is 0.176 e. The molecule has 1 aromatic heterocycles. The molecule has 0 saturated heterocycles. The summed E-state index contributed by atoms with van der Waals surface area (Å²) < 4.78 is 10.1. The summed E-state index contributed by atoms with van der Waals surface area (Å²) in [6.45, 7) is 0.972. The van der Waals surface area contributed by atoms with E-state index in [-0.39, 0.29) is 5.78 Å².